The van der Waals surface area contributed by atoms with E-state index in [4.69, 9.17) is 0 Å². The minimum atomic E-state index is -0.363. The first-order chi connectivity index (χ1) is 9.22. The molecule has 3 nitrogen and oxygen atoms in total. The summed E-state index contributed by atoms with van der Waals surface area (Å²) in [4.78, 5) is 16.7. The summed E-state index contributed by atoms with van der Waals surface area (Å²) in [7, 11) is 0. The van der Waals surface area contributed by atoms with E-state index in [0.29, 0.717) is 5.82 Å². The van der Waals surface area contributed by atoms with Gasteiger partial charge in [0, 0.05) is 6.20 Å². The van der Waals surface area contributed by atoms with Crippen molar-refractivity contribution in [1.29, 1.82) is 0 Å². The van der Waals surface area contributed by atoms with Gasteiger partial charge in [-0.1, -0.05) is 30.3 Å². The third-order valence-corrected chi connectivity index (χ3v) is 4.14. The Morgan fingerprint density at radius 2 is 1.89 bits per heavy atom. The van der Waals surface area contributed by atoms with Gasteiger partial charge in [-0.2, -0.15) is 0 Å². The van der Waals surface area contributed by atoms with Crippen molar-refractivity contribution >= 4 is 27.7 Å². The summed E-state index contributed by atoms with van der Waals surface area (Å²) in [6, 6.07) is 13.6. The van der Waals surface area contributed by atoms with Crippen LogP contribution < -0.4 is 5.32 Å². The standard InChI is InChI=1S/C15H13BrN2O/c16-12-7-4-10-17-13(12)18-14(19)15(8-9-15)11-5-2-1-3-6-11/h1-7,10H,8-9H2,(H,17,18,19). The van der Waals surface area contributed by atoms with Gasteiger partial charge < -0.3 is 5.32 Å². The van der Waals surface area contributed by atoms with Crippen molar-refractivity contribution < 1.29 is 4.79 Å². The highest BCUT2D eigenvalue weighted by atomic mass is 79.9. The Morgan fingerprint density at radius 3 is 2.53 bits per heavy atom. The lowest BCUT2D eigenvalue weighted by Crippen LogP contribution is -2.28. The number of nitrogens with zero attached hydrogens (tertiary/aromatic N) is 1. The highest BCUT2D eigenvalue weighted by molar-refractivity contribution is 9.10. The summed E-state index contributed by atoms with van der Waals surface area (Å²) in [5.41, 5.74) is 0.720. The van der Waals surface area contributed by atoms with Gasteiger partial charge in [0.2, 0.25) is 5.91 Å². The molecule has 1 N–H and O–H groups in total. The summed E-state index contributed by atoms with van der Waals surface area (Å²) in [6.07, 6.45) is 3.46. The number of halogens is 1. The van der Waals surface area contributed by atoms with Crippen molar-refractivity contribution in [1.82, 2.24) is 4.98 Å². The van der Waals surface area contributed by atoms with Gasteiger partial charge in [-0.3, -0.25) is 4.79 Å². The minimum Gasteiger partial charge on any atom is -0.309 e. The molecule has 1 aromatic carbocycles. The van der Waals surface area contributed by atoms with Crippen LogP contribution in [0.2, 0.25) is 0 Å². The van der Waals surface area contributed by atoms with Crippen LogP contribution in [-0.2, 0) is 10.2 Å². The lowest BCUT2D eigenvalue weighted by atomic mass is 9.95. The van der Waals surface area contributed by atoms with E-state index < -0.39 is 0 Å². The van der Waals surface area contributed by atoms with Gasteiger partial charge in [-0.25, -0.2) is 4.98 Å². The van der Waals surface area contributed by atoms with Crippen LogP contribution in [0.3, 0.4) is 0 Å². The average molecular weight is 317 g/mol. The van der Waals surface area contributed by atoms with Gasteiger partial charge in [-0.15, -0.1) is 0 Å². The van der Waals surface area contributed by atoms with Crippen molar-refractivity contribution in [3.63, 3.8) is 0 Å². The molecule has 3 rings (SSSR count). The first kappa shape index (κ1) is 12.4. The second-order valence-electron chi connectivity index (χ2n) is 4.74. The molecule has 1 heterocycles. The van der Waals surface area contributed by atoms with E-state index in [1.807, 2.05) is 42.5 Å². The van der Waals surface area contributed by atoms with Crippen LogP contribution in [0.5, 0.6) is 0 Å². The minimum absolute atomic E-state index is 0.0260. The summed E-state index contributed by atoms with van der Waals surface area (Å²) < 4.78 is 0.798. The number of nitrogens with one attached hydrogen (secondary N) is 1. The molecule has 1 fully saturated rings. The van der Waals surface area contributed by atoms with Gasteiger partial charge in [-0.05, 0) is 46.5 Å². The van der Waals surface area contributed by atoms with Crippen molar-refractivity contribution in [3.8, 4) is 0 Å². The van der Waals surface area contributed by atoms with Crippen molar-refractivity contribution in [2.45, 2.75) is 18.3 Å². The summed E-state index contributed by atoms with van der Waals surface area (Å²) in [6.45, 7) is 0. The fourth-order valence-electron chi connectivity index (χ4n) is 2.23. The Kier molecular flexibility index (Phi) is 3.11. The lowest BCUT2D eigenvalue weighted by molar-refractivity contribution is -0.118. The number of anilines is 1. The second-order valence-corrected chi connectivity index (χ2v) is 5.59. The number of carbonyl (C=O) groups excluding carboxylic acids is 1. The number of carbonyl (C=O) groups is 1. The molecule has 4 heteroatoms. The Hall–Kier alpha value is -1.68. The third kappa shape index (κ3) is 2.28. The zero-order valence-electron chi connectivity index (χ0n) is 10.3. The number of rotatable bonds is 3. The normalized spacial score (nSPS) is 15.8. The lowest BCUT2D eigenvalue weighted by Gasteiger charge is -2.15. The molecule has 96 valence electrons. The monoisotopic (exact) mass is 316 g/mol. The predicted octanol–water partition coefficient (Wildman–Crippen LogP) is 3.51. The number of pyridine rings is 1. The first-order valence-electron chi connectivity index (χ1n) is 6.20. The van der Waals surface area contributed by atoms with E-state index in [1.165, 1.54) is 0 Å². The fraction of sp³-hybridized carbons (Fsp3) is 0.200. The summed E-state index contributed by atoms with van der Waals surface area (Å²) >= 11 is 3.39. The Balaban J connectivity index is 1.84. The van der Waals surface area contributed by atoms with Gasteiger partial charge in [0.15, 0.2) is 0 Å². The molecule has 1 aromatic heterocycles. The molecule has 1 saturated carbocycles. The first-order valence-corrected chi connectivity index (χ1v) is 6.99. The maximum absolute atomic E-state index is 12.5. The van der Waals surface area contributed by atoms with E-state index in [2.05, 4.69) is 26.2 Å². The van der Waals surface area contributed by atoms with Crippen molar-refractivity contribution in [2.75, 3.05) is 5.32 Å². The van der Waals surface area contributed by atoms with E-state index in [9.17, 15) is 4.79 Å². The Bertz CT molecular complexity index is 609. The number of hydrogen-bond acceptors (Lipinski definition) is 2. The summed E-state index contributed by atoms with van der Waals surface area (Å²) in [5, 5.41) is 2.91. The van der Waals surface area contributed by atoms with Gasteiger partial charge in [0.05, 0.1) is 9.89 Å². The molecule has 19 heavy (non-hydrogen) atoms. The Labute approximate surface area is 120 Å². The van der Waals surface area contributed by atoms with Gasteiger partial charge in [0.25, 0.3) is 0 Å². The molecule has 0 atom stereocenters. The fourth-order valence-corrected chi connectivity index (χ4v) is 2.59. The smallest absolute Gasteiger partial charge is 0.236 e. The third-order valence-electron chi connectivity index (χ3n) is 3.50. The van der Waals surface area contributed by atoms with Crippen LogP contribution in [0.25, 0.3) is 0 Å². The molecule has 0 saturated heterocycles. The highest BCUT2D eigenvalue weighted by Gasteiger charge is 2.51. The maximum Gasteiger partial charge on any atom is 0.236 e. The number of amides is 1. The predicted molar refractivity (Wildman–Crippen MR) is 77.9 cm³/mol. The number of benzene rings is 1. The molecule has 0 unspecified atom stereocenters. The molecule has 0 bridgehead atoms. The quantitative estimate of drug-likeness (QED) is 0.941. The molecular weight excluding hydrogens is 304 g/mol. The van der Waals surface area contributed by atoms with Crippen LogP contribution in [0.1, 0.15) is 18.4 Å². The zero-order valence-corrected chi connectivity index (χ0v) is 11.9. The van der Waals surface area contributed by atoms with E-state index in [0.717, 1.165) is 22.9 Å². The van der Waals surface area contributed by atoms with E-state index in [1.54, 1.807) is 6.20 Å². The highest BCUT2D eigenvalue weighted by Crippen LogP contribution is 2.49. The van der Waals surface area contributed by atoms with Gasteiger partial charge in [0.1, 0.15) is 5.82 Å². The number of aromatic nitrogens is 1. The molecule has 1 aliphatic rings. The van der Waals surface area contributed by atoms with Crippen LogP contribution >= 0.6 is 15.9 Å². The zero-order chi connectivity index (χ0) is 13.3. The largest absolute Gasteiger partial charge is 0.309 e. The summed E-state index contributed by atoms with van der Waals surface area (Å²) in [5.74, 6) is 0.604. The average Bonchev–Trinajstić information content (AvgIpc) is 3.24. The Morgan fingerprint density at radius 1 is 1.16 bits per heavy atom. The van der Waals surface area contributed by atoms with Crippen LogP contribution in [-0.4, -0.2) is 10.9 Å². The number of hydrogen-bond donors (Lipinski definition) is 1. The molecule has 1 aliphatic carbocycles. The van der Waals surface area contributed by atoms with Crippen LogP contribution in [0.15, 0.2) is 53.1 Å². The van der Waals surface area contributed by atoms with Gasteiger partial charge >= 0.3 is 0 Å². The van der Waals surface area contributed by atoms with Crippen LogP contribution in [0.4, 0.5) is 5.82 Å². The maximum atomic E-state index is 12.5. The molecule has 2 aromatic rings. The molecular formula is C15H13BrN2O. The molecule has 0 aliphatic heterocycles. The van der Waals surface area contributed by atoms with Crippen molar-refractivity contribution in [3.05, 3.63) is 58.7 Å². The topological polar surface area (TPSA) is 42.0 Å². The molecule has 1 amide bonds. The second kappa shape index (κ2) is 4.78. The van der Waals surface area contributed by atoms with E-state index in [-0.39, 0.29) is 11.3 Å². The van der Waals surface area contributed by atoms with Crippen LogP contribution in [0, 0.1) is 0 Å². The molecule has 0 spiro atoms. The SMILES string of the molecule is O=C(Nc1ncccc1Br)C1(c2ccccc2)CC1. The molecule has 0 radical (unpaired) electrons. The van der Waals surface area contributed by atoms with Crippen molar-refractivity contribution in [2.24, 2.45) is 0 Å². The van der Waals surface area contributed by atoms with E-state index >= 15 is 0 Å².